The first-order valence-corrected chi connectivity index (χ1v) is 6.11. The highest BCUT2D eigenvalue weighted by molar-refractivity contribution is 6.02. The molecular formula is C14H15NO3. The number of Topliss-reactive ketones (excluding diaryl/α,β-unsaturated/α-hetero) is 1. The van der Waals surface area contributed by atoms with Crippen molar-refractivity contribution in [2.75, 3.05) is 0 Å². The summed E-state index contributed by atoms with van der Waals surface area (Å²) in [6.07, 6.45) is 0.639. The molecule has 2 aliphatic rings. The Morgan fingerprint density at radius 2 is 2.17 bits per heavy atom. The molecule has 0 radical (unpaired) electrons. The van der Waals surface area contributed by atoms with Gasteiger partial charge in [-0.05, 0) is 25.5 Å². The van der Waals surface area contributed by atoms with Gasteiger partial charge in [0, 0.05) is 12.3 Å². The van der Waals surface area contributed by atoms with Crippen molar-refractivity contribution in [3.63, 3.8) is 0 Å². The van der Waals surface area contributed by atoms with E-state index >= 15 is 0 Å². The fraction of sp³-hybridized carbons (Fsp3) is 0.429. The van der Waals surface area contributed by atoms with Gasteiger partial charge in [-0.1, -0.05) is 18.2 Å². The van der Waals surface area contributed by atoms with Gasteiger partial charge in [-0.3, -0.25) is 9.59 Å². The van der Waals surface area contributed by atoms with E-state index in [4.69, 9.17) is 4.74 Å². The van der Waals surface area contributed by atoms with Crippen molar-refractivity contribution in [3.8, 4) is 5.75 Å². The first-order valence-electron chi connectivity index (χ1n) is 6.11. The zero-order valence-electron chi connectivity index (χ0n) is 10.4. The third kappa shape index (κ3) is 1.52. The third-order valence-electron chi connectivity index (χ3n) is 3.77. The van der Waals surface area contributed by atoms with E-state index in [1.165, 1.54) is 6.92 Å². The summed E-state index contributed by atoms with van der Waals surface area (Å²) in [5, 5.41) is 2.81. The number of carbonyl (C=O) groups is 2. The Hall–Kier alpha value is -1.84. The number of ether oxygens (including phenoxy) is 1. The molecule has 2 bridgehead atoms. The molecule has 0 spiro atoms. The number of ketones is 1. The van der Waals surface area contributed by atoms with Gasteiger partial charge in [-0.25, -0.2) is 0 Å². The van der Waals surface area contributed by atoms with Crippen LogP contribution in [-0.4, -0.2) is 17.4 Å². The predicted molar refractivity (Wildman–Crippen MR) is 65.1 cm³/mol. The van der Waals surface area contributed by atoms with Gasteiger partial charge >= 0.3 is 0 Å². The van der Waals surface area contributed by atoms with E-state index in [1.54, 1.807) is 0 Å². The molecule has 94 valence electrons. The van der Waals surface area contributed by atoms with Crippen LogP contribution in [0.4, 0.5) is 0 Å². The average Bonchev–Trinajstić information content (AvgIpc) is 2.26. The summed E-state index contributed by atoms with van der Waals surface area (Å²) in [6.45, 7) is 3.33. The number of nitrogens with one attached hydrogen (secondary N) is 1. The zero-order valence-corrected chi connectivity index (χ0v) is 10.4. The molecule has 1 fully saturated rings. The summed E-state index contributed by atoms with van der Waals surface area (Å²) in [5.41, 5.74) is 0.271. The van der Waals surface area contributed by atoms with Crippen LogP contribution in [-0.2, 0) is 9.59 Å². The molecule has 0 unspecified atom stereocenters. The van der Waals surface area contributed by atoms with Crippen LogP contribution < -0.4 is 10.1 Å². The molecule has 4 nitrogen and oxygen atoms in total. The van der Waals surface area contributed by atoms with E-state index in [0.717, 1.165) is 11.3 Å². The summed E-state index contributed by atoms with van der Waals surface area (Å²) in [6, 6.07) is 7.63. The summed E-state index contributed by atoms with van der Waals surface area (Å²) in [5.74, 6) is -0.219. The molecule has 1 aromatic carbocycles. The van der Waals surface area contributed by atoms with Crippen LogP contribution in [0.3, 0.4) is 0 Å². The number of fused-ring (bicyclic) bond motifs is 4. The van der Waals surface area contributed by atoms with Crippen molar-refractivity contribution in [2.24, 2.45) is 5.92 Å². The lowest BCUT2D eigenvalue weighted by molar-refractivity contribution is -0.145. The number of rotatable bonds is 1. The monoisotopic (exact) mass is 245 g/mol. The first-order chi connectivity index (χ1) is 8.50. The maximum atomic E-state index is 12.1. The Morgan fingerprint density at radius 3 is 2.89 bits per heavy atom. The lowest BCUT2D eigenvalue weighted by atomic mass is 9.73. The summed E-state index contributed by atoms with van der Waals surface area (Å²) in [7, 11) is 0. The molecule has 1 aromatic rings. The maximum Gasteiger partial charge on any atom is 0.234 e. The fourth-order valence-corrected chi connectivity index (χ4v) is 3.06. The molecule has 0 aliphatic carbocycles. The molecule has 0 saturated carbocycles. The Bertz CT molecular complexity index is 540. The Balaban J connectivity index is 2.14. The number of hydrogen-bond donors (Lipinski definition) is 1. The second-order valence-electron chi connectivity index (χ2n) is 5.26. The van der Waals surface area contributed by atoms with Crippen molar-refractivity contribution in [1.29, 1.82) is 0 Å². The number of hydrogen-bond acceptors (Lipinski definition) is 3. The van der Waals surface area contributed by atoms with Gasteiger partial charge in [0.15, 0.2) is 5.72 Å². The van der Waals surface area contributed by atoms with Crippen LogP contribution in [0.25, 0.3) is 0 Å². The largest absolute Gasteiger partial charge is 0.468 e. The minimum atomic E-state index is -0.692. The number of amides is 1. The third-order valence-corrected chi connectivity index (χ3v) is 3.77. The molecule has 0 aromatic heterocycles. The minimum Gasteiger partial charge on any atom is -0.468 e. The number of carbonyl (C=O) groups excluding carboxylic acids is 2. The minimum absolute atomic E-state index is 0.0776. The van der Waals surface area contributed by atoms with Crippen molar-refractivity contribution in [2.45, 2.75) is 31.9 Å². The van der Waals surface area contributed by atoms with Gasteiger partial charge in [0.25, 0.3) is 0 Å². The lowest BCUT2D eigenvalue weighted by Crippen LogP contribution is -2.61. The summed E-state index contributed by atoms with van der Waals surface area (Å²) >= 11 is 0. The normalized spacial score (nSPS) is 33.1. The molecule has 18 heavy (non-hydrogen) atoms. The van der Waals surface area contributed by atoms with Gasteiger partial charge in [0.05, 0.1) is 0 Å². The molecule has 3 rings (SSSR count). The van der Waals surface area contributed by atoms with Crippen molar-refractivity contribution in [1.82, 2.24) is 5.32 Å². The second kappa shape index (κ2) is 3.57. The number of benzene rings is 1. The fourth-order valence-electron chi connectivity index (χ4n) is 3.06. The quantitative estimate of drug-likeness (QED) is 0.765. The van der Waals surface area contributed by atoms with E-state index in [2.05, 4.69) is 5.32 Å². The molecule has 2 aliphatic heterocycles. The standard InChI is InChI=1S/C14H15NO3/c1-8(16)12-10-7-14(2,15-13(12)17)18-11-6-4-3-5-9(10)11/h3-6,10,12H,7H2,1-2H3,(H,15,17)/t10-,12-,14-/m1/s1. The van der Waals surface area contributed by atoms with E-state index in [-0.39, 0.29) is 17.6 Å². The van der Waals surface area contributed by atoms with Crippen LogP contribution in [0.2, 0.25) is 0 Å². The summed E-state index contributed by atoms with van der Waals surface area (Å²) < 4.78 is 5.85. The lowest BCUT2D eigenvalue weighted by Gasteiger charge is -2.46. The van der Waals surface area contributed by atoms with Crippen LogP contribution in [0, 0.1) is 5.92 Å². The highest BCUT2D eigenvalue weighted by Gasteiger charge is 2.50. The zero-order chi connectivity index (χ0) is 12.9. The predicted octanol–water partition coefficient (Wildman–Crippen LogP) is 1.60. The molecule has 4 heteroatoms. The topological polar surface area (TPSA) is 55.4 Å². The Morgan fingerprint density at radius 1 is 1.44 bits per heavy atom. The van der Waals surface area contributed by atoms with Crippen LogP contribution in [0.5, 0.6) is 5.75 Å². The molecule has 1 N–H and O–H groups in total. The smallest absolute Gasteiger partial charge is 0.234 e. The van der Waals surface area contributed by atoms with E-state index in [0.29, 0.717) is 6.42 Å². The van der Waals surface area contributed by atoms with E-state index < -0.39 is 11.6 Å². The molecule has 1 amide bonds. The number of para-hydroxylation sites is 1. The Labute approximate surface area is 105 Å². The number of piperidine rings is 1. The molecule has 3 atom stereocenters. The SMILES string of the molecule is CC(=O)[C@H]1C(=O)N[C@@]2(C)C[C@@H]1c1ccccc1O2. The van der Waals surface area contributed by atoms with Gasteiger partial charge in [-0.15, -0.1) is 0 Å². The average molecular weight is 245 g/mol. The van der Waals surface area contributed by atoms with Crippen LogP contribution in [0.15, 0.2) is 24.3 Å². The highest BCUT2D eigenvalue weighted by atomic mass is 16.5. The van der Waals surface area contributed by atoms with Crippen molar-refractivity contribution >= 4 is 11.7 Å². The van der Waals surface area contributed by atoms with Gasteiger partial charge < -0.3 is 10.1 Å². The van der Waals surface area contributed by atoms with Gasteiger partial charge in [0.1, 0.15) is 17.5 Å². The second-order valence-corrected chi connectivity index (χ2v) is 5.26. The molecule has 2 heterocycles. The van der Waals surface area contributed by atoms with Crippen molar-refractivity contribution in [3.05, 3.63) is 29.8 Å². The summed E-state index contributed by atoms with van der Waals surface area (Å²) in [4.78, 5) is 23.8. The first kappa shape index (κ1) is 11.3. The molecular weight excluding hydrogens is 230 g/mol. The maximum absolute atomic E-state index is 12.1. The van der Waals surface area contributed by atoms with Crippen molar-refractivity contribution < 1.29 is 14.3 Å². The van der Waals surface area contributed by atoms with E-state index in [1.807, 2.05) is 31.2 Å². The van der Waals surface area contributed by atoms with Gasteiger partial charge in [0.2, 0.25) is 5.91 Å². The van der Waals surface area contributed by atoms with Crippen LogP contribution >= 0.6 is 0 Å². The van der Waals surface area contributed by atoms with Crippen LogP contribution in [0.1, 0.15) is 31.7 Å². The van der Waals surface area contributed by atoms with Gasteiger partial charge in [-0.2, -0.15) is 0 Å². The molecule has 1 saturated heterocycles. The Kier molecular flexibility index (Phi) is 2.24. The van der Waals surface area contributed by atoms with E-state index in [9.17, 15) is 9.59 Å². The highest BCUT2D eigenvalue weighted by Crippen LogP contribution is 2.46.